The second-order valence-electron chi connectivity index (χ2n) is 4.18. The molecule has 0 saturated carbocycles. The topological polar surface area (TPSA) is 42.0 Å². The molecule has 18 heavy (non-hydrogen) atoms. The second-order valence-corrected chi connectivity index (χ2v) is 7.63. The highest BCUT2D eigenvalue weighted by atomic mass is 79.9. The fraction of sp³-hybridized carbons (Fsp3) is 0.273. The molecule has 1 heterocycles. The molecule has 0 aliphatic carbocycles. The lowest BCUT2D eigenvalue weighted by molar-refractivity contribution is -0.117. The number of hydrogen-bond acceptors (Lipinski definition) is 3. The molecule has 0 atom stereocenters. The predicted octanol–water partition coefficient (Wildman–Crippen LogP) is 4.20. The Kier molecular flexibility index (Phi) is 3.62. The third-order valence-corrected chi connectivity index (χ3v) is 3.67. The number of nitrogens with one attached hydrogen (secondary N) is 1. The lowest BCUT2D eigenvalue weighted by Gasteiger charge is -2.13. The molecule has 0 bridgehead atoms. The summed E-state index contributed by atoms with van der Waals surface area (Å²) in [7, 11) is 0. The van der Waals surface area contributed by atoms with Crippen LogP contribution in [0.1, 0.15) is 13.8 Å². The second kappa shape index (κ2) is 4.75. The maximum atomic E-state index is 13.6. The van der Waals surface area contributed by atoms with E-state index in [1.54, 1.807) is 19.9 Å². The Labute approximate surface area is 120 Å². The molecule has 2 rings (SSSR count). The van der Waals surface area contributed by atoms with Crippen molar-refractivity contribution in [2.24, 2.45) is 0 Å². The SMILES string of the molecule is CC(C)(Br)C(=O)Nc1nc2c(F)cc(Cl)cc2s1. The number of carbonyl (C=O) groups excluding carboxylic acids is 1. The highest BCUT2D eigenvalue weighted by Gasteiger charge is 2.24. The van der Waals surface area contributed by atoms with Gasteiger partial charge in [0.1, 0.15) is 5.52 Å². The largest absolute Gasteiger partial charge is 0.301 e. The first-order chi connectivity index (χ1) is 8.27. The molecule has 2 aromatic rings. The van der Waals surface area contributed by atoms with Crippen molar-refractivity contribution in [2.45, 2.75) is 18.2 Å². The van der Waals surface area contributed by atoms with E-state index in [1.165, 1.54) is 17.4 Å². The molecule has 0 aliphatic heterocycles. The minimum Gasteiger partial charge on any atom is -0.301 e. The number of nitrogens with zero attached hydrogens (tertiary/aromatic N) is 1. The number of hydrogen-bond donors (Lipinski definition) is 1. The Morgan fingerprint density at radius 1 is 1.56 bits per heavy atom. The molecule has 0 unspecified atom stereocenters. The van der Waals surface area contributed by atoms with Gasteiger partial charge in [0.2, 0.25) is 5.91 Å². The quantitative estimate of drug-likeness (QED) is 0.824. The summed E-state index contributed by atoms with van der Waals surface area (Å²) in [4.78, 5) is 15.8. The molecular formula is C11H9BrClFN2OS. The molecule has 1 N–H and O–H groups in total. The van der Waals surface area contributed by atoms with Crippen molar-refractivity contribution in [3.05, 3.63) is 23.0 Å². The number of fused-ring (bicyclic) bond motifs is 1. The zero-order valence-electron chi connectivity index (χ0n) is 9.55. The van der Waals surface area contributed by atoms with Gasteiger partial charge in [-0.3, -0.25) is 4.79 Å². The van der Waals surface area contributed by atoms with E-state index in [0.717, 1.165) is 0 Å². The standard InChI is InChI=1S/C11H9BrClFN2OS/c1-11(2,12)9(17)16-10-15-8-6(14)3-5(13)4-7(8)18-10/h3-4H,1-2H3,(H,15,16,17). The first kappa shape index (κ1) is 13.7. The molecule has 0 saturated heterocycles. The molecule has 0 aliphatic rings. The van der Waals surface area contributed by atoms with Gasteiger partial charge in [0.25, 0.3) is 0 Å². The molecule has 0 radical (unpaired) electrons. The zero-order chi connectivity index (χ0) is 13.5. The van der Waals surface area contributed by atoms with Crippen molar-refractivity contribution < 1.29 is 9.18 Å². The van der Waals surface area contributed by atoms with Crippen LogP contribution in [-0.4, -0.2) is 15.2 Å². The number of aromatic nitrogens is 1. The summed E-state index contributed by atoms with van der Waals surface area (Å²) >= 11 is 10.2. The molecule has 7 heteroatoms. The van der Waals surface area contributed by atoms with Crippen LogP contribution in [0.15, 0.2) is 12.1 Å². The highest BCUT2D eigenvalue weighted by molar-refractivity contribution is 9.10. The van der Waals surface area contributed by atoms with Crippen molar-refractivity contribution in [1.82, 2.24) is 4.98 Å². The van der Waals surface area contributed by atoms with E-state index >= 15 is 0 Å². The number of benzene rings is 1. The van der Waals surface area contributed by atoms with Gasteiger partial charge in [0.05, 0.1) is 9.02 Å². The van der Waals surface area contributed by atoms with E-state index < -0.39 is 10.1 Å². The van der Waals surface area contributed by atoms with Gasteiger partial charge in [-0.2, -0.15) is 0 Å². The molecule has 3 nitrogen and oxygen atoms in total. The summed E-state index contributed by atoms with van der Waals surface area (Å²) in [6, 6.07) is 2.82. The lowest BCUT2D eigenvalue weighted by atomic mass is 10.2. The van der Waals surface area contributed by atoms with Gasteiger partial charge in [-0.1, -0.05) is 38.9 Å². The van der Waals surface area contributed by atoms with Gasteiger partial charge >= 0.3 is 0 Å². The Morgan fingerprint density at radius 2 is 2.22 bits per heavy atom. The van der Waals surface area contributed by atoms with Gasteiger partial charge in [-0.15, -0.1) is 0 Å². The summed E-state index contributed by atoms with van der Waals surface area (Å²) in [6.45, 7) is 3.43. The summed E-state index contributed by atoms with van der Waals surface area (Å²) in [5.41, 5.74) is 0.215. The van der Waals surface area contributed by atoms with Gasteiger partial charge in [-0.25, -0.2) is 9.37 Å². The summed E-state index contributed by atoms with van der Waals surface area (Å²) < 4.78 is 13.5. The van der Waals surface area contributed by atoms with Gasteiger partial charge in [0.15, 0.2) is 10.9 Å². The number of rotatable bonds is 2. The number of amides is 1. The fourth-order valence-corrected chi connectivity index (χ4v) is 2.54. The first-order valence-electron chi connectivity index (χ1n) is 5.03. The van der Waals surface area contributed by atoms with Crippen molar-refractivity contribution in [1.29, 1.82) is 0 Å². The number of alkyl halides is 1. The average Bonchev–Trinajstić information content (AvgIpc) is 2.58. The number of anilines is 1. The molecule has 1 aromatic carbocycles. The Morgan fingerprint density at radius 3 is 2.83 bits per heavy atom. The van der Waals surface area contributed by atoms with Crippen LogP contribution in [0.5, 0.6) is 0 Å². The van der Waals surface area contributed by atoms with Crippen molar-refractivity contribution in [2.75, 3.05) is 5.32 Å². The van der Waals surface area contributed by atoms with Crippen molar-refractivity contribution >= 4 is 60.1 Å². The Hall–Kier alpha value is -0.720. The van der Waals surface area contributed by atoms with E-state index in [2.05, 4.69) is 26.2 Å². The maximum Gasteiger partial charge on any atom is 0.242 e. The summed E-state index contributed by atoms with van der Waals surface area (Å²) in [5.74, 6) is -0.736. The molecule has 1 aromatic heterocycles. The number of carbonyl (C=O) groups is 1. The first-order valence-corrected chi connectivity index (χ1v) is 7.02. The maximum absolute atomic E-state index is 13.6. The minimum absolute atomic E-state index is 0.215. The van der Waals surface area contributed by atoms with Gasteiger partial charge in [0, 0.05) is 5.02 Å². The van der Waals surface area contributed by atoms with Gasteiger partial charge < -0.3 is 5.32 Å². The van der Waals surface area contributed by atoms with Crippen molar-refractivity contribution in [3.63, 3.8) is 0 Å². The van der Waals surface area contributed by atoms with Crippen LogP contribution in [0.4, 0.5) is 9.52 Å². The van der Waals surface area contributed by atoms with Crippen LogP contribution in [-0.2, 0) is 4.79 Å². The average molecular weight is 352 g/mol. The van der Waals surface area contributed by atoms with E-state index in [4.69, 9.17) is 11.6 Å². The van der Waals surface area contributed by atoms with Gasteiger partial charge in [-0.05, 0) is 26.0 Å². The van der Waals surface area contributed by atoms with E-state index in [0.29, 0.717) is 14.9 Å². The van der Waals surface area contributed by atoms with E-state index in [1.807, 2.05) is 0 Å². The van der Waals surface area contributed by atoms with Crippen LogP contribution in [0.2, 0.25) is 5.02 Å². The van der Waals surface area contributed by atoms with Crippen LogP contribution in [0.25, 0.3) is 10.2 Å². The lowest BCUT2D eigenvalue weighted by Crippen LogP contribution is -2.30. The summed E-state index contributed by atoms with van der Waals surface area (Å²) in [6.07, 6.45) is 0. The van der Waals surface area contributed by atoms with Crippen LogP contribution >= 0.6 is 38.9 Å². The number of halogens is 3. The van der Waals surface area contributed by atoms with E-state index in [9.17, 15) is 9.18 Å². The van der Waals surface area contributed by atoms with E-state index in [-0.39, 0.29) is 11.4 Å². The fourth-order valence-electron chi connectivity index (χ4n) is 1.26. The van der Waals surface area contributed by atoms with Crippen molar-refractivity contribution in [3.8, 4) is 0 Å². The van der Waals surface area contributed by atoms with Crippen LogP contribution < -0.4 is 5.32 Å². The number of thiazole rings is 1. The Balaban J connectivity index is 2.37. The third-order valence-electron chi connectivity index (χ3n) is 2.17. The third kappa shape index (κ3) is 2.81. The normalized spacial score (nSPS) is 11.8. The summed E-state index contributed by atoms with van der Waals surface area (Å²) in [5, 5.41) is 3.29. The zero-order valence-corrected chi connectivity index (χ0v) is 12.7. The molecule has 96 valence electrons. The predicted molar refractivity (Wildman–Crippen MR) is 76.2 cm³/mol. The Bertz CT molecular complexity index is 623. The molecular weight excluding hydrogens is 343 g/mol. The molecule has 0 fully saturated rings. The monoisotopic (exact) mass is 350 g/mol. The molecule has 1 amide bonds. The molecule has 0 spiro atoms. The van der Waals surface area contributed by atoms with Crippen LogP contribution in [0, 0.1) is 5.82 Å². The smallest absolute Gasteiger partial charge is 0.242 e. The van der Waals surface area contributed by atoms with Crippen LogP contribution in [0.3, 0.4) is 0 Å². The minimum atomic E-state index is -0.707. The highest BCUT2D eigenvalue weighted by Crippen LogP contribution is 2.31.